The zero-order valence-corrected chi connectivity index (χ0v) is 13.2. The molecule has 0 radical (unpaired) electrons. The van der Waals surface area contributed by atoms with Gasteiger partial charge in [0, 0.05) is 10.6 Å². The van der Waals surface area contributed by atoms with Crippen molar-refractivity contribution in [2.45, 2.75) is 6.23 Å². The molecule has 120 valence electrons. The van der Waals surface area contributed by atoms with Crippen LogP contribution >= 0.6 is 11.6 Å². The van der Waals surface area contributed by atoms with Crippen molar-refractivity contribution in [2.75, 3.05) is 19.5 Å². The number of hydrogen-bond donors (Lipinski definition) is 2. The van der Waals surface area contributed by atoms with Crippen LogP contribution in [0.3, 0.4) is 0 Å². The summed E-state index contributed by atoms with van der Waals surface area (Å²) in [6.07, 6.45) is -0.762. The van der Waals surface area contributed by atoms with Gasteiger partial charge >= 0.3 is 5.97 Å². The fourth-order valence-electron chi connectivity index (χ4n) is 2.47. The molecular formula is C16H14ClNO5. The van der Waals surface area contributed by atoms with Gasteiger partial charge in [-0.1, -0.05) is 11.6 Å². The van der Waals surface area contributed by atoms with E-state index in [4.69, 9.17) is 25.8 Å². The molecule has 6 nitrogen and oxygen atoms in total. The number of anilines is 1. The summed E-state index contributed by atoms with van der Waals surface area (Å²) in [5.74, 6) is 0.221. The molecule has 0 spiro atoms. The first-order valence-corrected chi connectivity index (χ1v) is 7.14. The second-order valence-electron chi connectivity index (χ2n) is 4.86. The SMILES string of the molecule is COc1ccc2c(c1OC)C(=O)OC2Nc1cc(Cl)ccc1O. The first-order chi connectivity index (χ1) is 11.0. The molecule has 0 fully saturated rings. The molecule has 23 heavy (non-hydrogen) atoms. The Hall–Kier alpha value is -2.60. The van der Waals surface area contributed by atoms with Gasteiger partial charge in [0.1, 0.15) is 11.3 Å². The van der Waals surface area contributed by atoms with E-state index in [1.54, 1.807) is 24.3 Å². The molecule has 2 aromatic rings. The van der Waals surface area contributed by atoms with Crippen molar-refractivity contribution in [1.29, 1.82) is 0 Å². The minimum atomic E-state index is -0.762. The Labute approximate surface area is 137 Å². The molecule has 0 bridgehead atoms. The van der Waals surface area contributed by atoms with Crippen molar-refractivity contribution in [1.82, 2.24) is 0 Å². The summed E-state index contributed by atoms with van der Waals surface area (Å²) in [7, 11) is 2.94. The van der Waals surface area contributed by atoms with Crippen molar-refractivity contribution in [3.63, 3.8) is 0 Å². The van der Waals surface area contributed by atoms with Crippen LogP contribution in [0.15, 0.2) is 30.3 Å². The first kappa shape index (κ1) is 15.3. The summed E-state index contributed by atoms with van der Waals surface area (Å²) in [5, 5.41) is 13.3. The number of nitrogens with one attached hydrogen (secondary N) is 1. The predicted octanol–water partition coefficient (Wildman–Crippen LogP) is 3.34. The lowest BCUT2D eigenvalue weighted by atomic mass is 10.1. The highest BCUT2D eigenvalue weighted by Crippen LogP contribution is 2.42. The maximum absolute atomic E-state index is 12.2. The number of hydrogen-bond acceptors (Lipinski definition) is 6. The number of benzene rings is 2. The summed E-state index contributed by atoms with van der Waals surface area (Å²) in [5.41, 5.74) is 1.25. The average molecular weight is 336 g/mol. The lowest BCUT2D eigenvalue weighted by molar-refractivity contribution is 0.0434. The van der Waals surface area contributed by atoms with Gasteiger partial charge in [0.15, 0.2) is 11.5 Å². The second kappa shape index (κ2) is 5.89. The summed E-state index contributed by atoms with van der Waals surface area (Å²) < 4.78 is 15.8. The number of halogens is 1. The molecule has 1 unspecified atom stereocenters. The highest BCUT2D eigenvalue weighted by Gasteiger charge is 2.36. The topological polar surface area (TPSA) is 77.0 Å². The van der Waals surface area contributed by atoms with Crippen LogP contribution in [0.25, 0.3) is 0 Å². The Morgan fingerprint density at radius 2 is 2.00 bits per heavy atom. The quantitative estimate of drug-likeness (QED) is 0.659. The number of esters is 1. The van der Waals surface area contributed by atoms with Crippen molar-refractivity contribution < 1.29 is 24.1 Å². The maximum Gasteiger partial charge on any atom is 0.344 e. The molecule has 0 aliphatic carbocycles. The third-order valence-electron chi connectivity index (χ3n) is 3.53. The second-order valence-corrected chi connectivity index (χ2v) is 5.29. The van der Waals surface area contributed by atoms with E-state index in [1.165, 1.54) is 20.3 Å². The standard InChI is InChI=1S/C16H14ClNO5/c1-21-12-6-4-9-13(14(12)22-2)16(20)23-15(9)18-10-7-8(17)3-5-11(10)19/h3-7,15,18-19H,1-2H3. The molecule has 1 heterocycles. The number of aromatic hydroxyl groups is 1. The van der Waals surface area contributed by atoms with Gasteiger partial charge in [-0.2, -0.15) is 0 Å². The van der Waals surface area contributed by atoms with Gasteiger partial charge in [0.25, 0.3) is 0 Å². The molecule has 7 heteroatoms. The van der Waals surface area contributed by atoms with Crippen LogP contribution in [-0.4, -0.2) is 25.3 Å². The van der Waals surface area contributed by atoms with Crippen LogP contribution < -0.4 is 14.8 Å². The minimum Gasteiger partial charge on any atom is -0.506 e. The van der Waals surface area contributed by atoms with Gasteiger partial charge < -0.3 is 24.6 Å². The Kier molecular flexibility index (Phi) is 3.92. The van der Waals surface area contributed by atoms with Gasteiger partial charge in [-0.25, -0.2) is 4.79 Å². The van der Waals surface area contributed by atoms with Crippen molar-refractivity contribution >= 4 is 23.3 Å². The van der Waals surface area contributed by atoms with Crippen LogP contribution in [0.4, 0.5) is 5.69 Å². The molecule has 0 amide bonds. The highest BCUT2D eigenvalue weighted by atomic mass is 35.5. The van der Waals surface area contributed by atoms with E-state index in [-0.39, 0.29) is 5.75 Å². The Balaban J connectivity index is 2.00. The molecule has 2 aromatic carbocycles. The smallest absolute Gasteiger partial charge is 0.344 e. The number of fused-ring (bicyclic) bond motifs is 1. The van der Waals surface area contributed by atoms with Crippen LogP contribution in [0.5, 0.6) is 17.2 Å². The largest absolute Gasteiger partial charge is 0.506 e. The van der Waals surface area contributed by atoms with Gasteiger partial charge in [-0.05, 0) is 30.3 Å². The van der Waals surface area contributed by atoms with E-state index in [9.17, 15) is 9.90 Å². The number of carbonyl (C=O) groups excluding carboxylic acids is 1. The van der Waals surface area contributed by atoms with Gasteiger partial charge in [0.2, 0.25) is 6.23 Å². The predicted molar refractivity (Wildman–Crippen MR) is 84.4 cm³/mol. The third-order valence-corrected chi connectivity index (χ3v) is 3.77. The number of phenolic OH excluding ortho intramolecular Hbond substituents is 1. The molecule has 1 aliphatic rings. The van der Waals surface area contributed by atoms with Crippen LogP contribution in [0.2, 0.25) is 5.02 Å². The summed E-state index contributed by atoms with van der Waals surface area (Å²) >= 11 is 5.92. The monoisotopic (exact) mass is 335 g/mol. The molecule has 1 atom stereocenters. The summed E-state index contributed by atoms with van der Waals surface area (Å²) in [4.78, 5) is 12.2. The Morgan fingerprint density at radius 1 is 1.22 bits per heavy atom. The van der Waals surface area contributed by atoms with E-state index < -0.39 is 12.2 Å². The van der Waals surface area contributed by atoms with Crippen molar-refractivity contribution in [3.05, 3.63) is 46.5 Å². The molecule has 0 saturated carbocycles. The number of ether oxygens (including phenoxy) is 3. The minimum absolute atomic E-state index is 0.000578. The van der Waals surface area contributed by atoms with Crippen molar-refractivity contribution in [2.24, 2.45) is 0 Å². The zero-order valence-electron chi connectivity index (χ0n) is 12.4. The molecule has 0 aromatic heterocycles. The summed E-state index contributed by atoms with van der Waals surface area (Å²) in [6.45, 7) is 0. The number of phenols is 1. The van der Waals surface area contributed by atoms with Crippen LogP contribution in [0.1, 0.15) is 22.1 Å². The third kappa shape index (κ3) is 2.61. The molecule has 3 rings (SSSR count). The normalized spacial score (nSPS) is 15.8. The average Bonchev–Trinajstić information content (AvgIpc) is 2.86. The van der Waals surface area contributed by atoms with Crippen LogP contribution in [0, 0.1) is 0 Å². The van der Waals surface area contributed by atoms with Crippen LogP contribution in [-0.2, 0) is 4.74 Å². The lowest BCUT2D eigenvalue weighted by Crippen LogP contribution is -2.10. The summed E-state index contributed by atoms with van der Waals surface area (Å²) in [6, 6.07) is 7.96. The maximum atomic E-state index is 12.2. The number of rotatable bonds is 4. The van der Waals surface area contributed by atoms with E-state index in [0.29, 0.717) is 33.3 Å². The van der Waals surface area contributed by atoms with Gasteiger partial charge in [-0.15, -0.1) is 0 Å². The zero-order chi connectivity index (χ0) is 16.6. The number of methoxy groups -OCH3 is 2. The molecule has 1 aliphatic heterocycles. The fraction of sp³-hybridized carbons (Fsp3) is 0.188. The first-order valence-electron chi connectivity index (χ1n) is 6.76. The van der Waals surface area contributed by atoms with E-state index in [2.05, 4.69) is 5.32 Å². The molecule has 0 saturated heterocycles. The Morgan fingerprint density at radius 3 is 2.70 bits per heavy atom. The molecule has 2 N–H and O–H groups in total. The van der Waals surface area contributed by atoms with Gasteiger partial charge in [0.05, 0.1) is 19.9 Å². The highest BCUT2D eigenvalue weighted by molar-refractivity contribution is 6.30. The Bertz CT molecular complexity index is 777. The van der Waals surface area contributed by atoms with E-state index in [0.717, 1.165) is 0 Å². The van der Waals surface area contributed by atoms with Crippen molar-refractivity contribution in [3.8, 4) is 17.2 Å². The van der Waals surface area contributed by atoms with Gasteiger partial charge in [-0.3, -0.25) is 0 Å². The number of carbonyl (C=O) groups is 1. The van der Waals surface area contributed by atoms with E-state index in [1.807, 2.05) is 0 Å². The van der Waals surface area contributed by atoms with E-state index >= 15 is 0 Å². The number of cyclic esters (lactones) is 1. The lowest BCUT2D eigenvalue weighted by Gasteiger charge is -2.16. The molecular weight excluding hydrogens is 322 g/mol. The fourth-order valence-corrected chi connectivity index (χ4v) is 2.65.